The Hall–Kier alpha value is -3.22. The summed E-state index contributed by atoms with van der Waals surface area (Å²) in [4.78, 5) is 12.7. The molecule has 0 aromatic heterocycles. The zero-order valence-electron chi connectivity index (χ0n) is 15.8. The molecule has 1 fully saturated rings. The first-order chi connectivity index (χ1) is 13.0. The molecule has 1 saturated carbocycles. The molecular formula is C22H22N2O3. The molecule has 0 N–H and O–H groups in total. The van der Waals surface area contributed by atoms with E-state index in [2.05, 4.69) is 6.07 Å². The van der Waals surface area contributed by atoms with Crippen LogP contribution >= 0.6 is 0 Å². The van der Waals surface area contributed by atoms with E-state index >= 15 is 0 Å². The van der Waals surface area contributed by atoms with E-state index in [1.165, 1.54) is 12.8 Å². The van der Waals surface area contributed by atoms with E-state index in [4.69, 9.17) is 9.47 Å². The van der Waals surface area contributed by atoms with E-state index in [-0.39, 0.29) is 0 Å². The Bertz CT molecular complexity index is 901. The quantitative estimate of drug-likeness (QED) is 0.560. The highest BCUT2D eigenvalue weighted by Gasteiger charge is 2.23. The highest BCUT2D eigenvalue weighted by Crippen LogP contribution is 2.34. The molecular weight excluding hydrogens is 340 g/mol. The van der Waals surface area contributed by atoms with Crippen molar-refractivity contribution in [2.45, 2.75) is 26.7 Å². The largest absolute Gasteiger partial charge is 0.493 e. The number of rotatable bonds is 6. The van der Waals surface area contributed by atoms with Crippen molar-refractivity contribution in [1.82, 2.24) is 4.90 Å². The molecule has 5 nitrogen and oxygen atoms in total. The van der Waals surface area contributed by atoms with Gasteiger partial charge in [-0.2, -0.15) is 5.26 Å². The molecule has 1 aromatic rings. The number of ether oxygens (including phenoxy) is 2. The highest BCUT2D eigenvalue weighted by atomic mass is 16.5. The van der Waals surface area contributed by atoms with Crippen LogP contribution in [0.2, 0.25) is 0 Å². The third-order valence-electron chi connectivity index (χ3n) is 4.57. The molecule has 2 aliphatic rings. The average molecular weight is 362 g/mol. The van der Waals surface area contributed by atoms with Gasteiger partial charge in [-0.05, 0) is 68.5 Å². The number of methoxy groups -OCH3 is 1. The van der Waals surface area contributed by atoms with E-state index in [9.17, 15) is 10.1 Å². The van der Waals surface area contributed by atoms with Crippen LogP contribution in [0.4, 0.5) is 0 Å². The number of nitriles is 1. The number of hydrogen-bond acceptors (Lipinski definition) is 5. The lowest BCUT2D eigenvalue weighted by Crippen LogP contribution is -2.21. The van der Waals surface area contributed by atoms with Gasteiger partial charge in [0, 0.05) is 11.4 Å². The van der Waals surface area contributed by atoms with Crippen LogP contribution in [0, 0.1) is 17.2 Å². The first-order valence-corrected chi connectivity index (χ1v) is 8.90. The third-order valence-corrected chi connectivity index (χ3v) is 4.57. The summed E-state index contributed by atoms with van der Waals surface area (Å²) in [6.07, 6.45) is 7.65. The first-order valence-electron chi connectivity index (χ1n) is 8.90. The standard InChI is InChI=1S/C22H22N2O3/c1-15-8-19(13-25)9-16(2)24(15)20(12-23)10-18-6-7-21(26-3)22(11-18)27-14-17-4-5-17/h6-11,17H,4-5,14H2,1-3H3/b20-10+. The summed E-state index contributed by atoms with van der Waals surface area (Å²) in [7, 11) is 1.61. The van der Waals surface area contributed by atoms with Crippen LogP contribution in [0.3, 0.4) is 0 Å². The maximum Gasteiger partial charge on any atom is 0.161 e. The molecule has 3 rings (SSSR count). The van der Waals surface area contributed by atoms with Gasteiger partial charge >= 0.3 is 0 Å². The van der Waals surface area contributed by atoms with Crippen molar-refractivity contribution in [3.8, 4) is 17.6 Å². The minimum absolute atomic E-state index is 0.459. The van der Waals surface area contributed by atoms with Crippen LogP contribution < -0.4 is 9.47 Å². The second kappa shape index (κ2) is 7.99. The zero-order chi connectivity index (χ0) is 19.4. The molecule has 0 spiro atoms. The van der Waals surface area contributed by atoms with Crippen LogP contribution in [0.1, 0.15) is 32.3 Å². The van der Waals surface area contributed by atoms with E-state index in [0.29, 0.717) is 35.3 Å². The van der Waals surface area contributed by atoms with E-state index < -0.39 is 0 Å². The number of hydrogen-bond donors (Lipinski definition) is 0. The molecule has 5 heteroatoms. The summed E-state index contributed by atoms with van der Waals surface area (Å²) in [5, 5.41) is 9.70. The maximum absolute atomic E-state index is 10.9. The lowest BCUT2D eigenvalue weighted by atomic mass is 10.1. The second-order valence-electron chi connectivity index (χ2n) is 6.77. The number of nitrogens with zero attached hydrogens (tertiary/aromatic N) is 2. The predicted molar refractivity (Wildman–Crippen MR) is 103 cm³/mol. The molecule has 0 atom stereocenters. The highest BCUT2D eigenvalue weighted by molar-refractivity contribution is 5.66. The minimum atomic E-state index is 0.459. The monoisotopic (exact) mass is 362 g/mol. The van der Waals surface area contributed by atoms with E-state index in [1.54, 1.807) is 25.3 Å². The molecule has 0 unspecified atom stereocenters. The van der Waals surface area contributed by atoms with Gasteiger partial charge in [0.1, 0.15) is 17.7 Å². The van der Waals surface area contributed by atoms with Gasteiger partial charge in [-0.1, -0.05) is 6.07 Å². The van der Waals surface area contributed by atoms with Crippen molar-refractivity contribution in [2.75, 3.05) is 13.7 Å². The van der Waals surface area contributed by atoms with E-state index in [0.717, 1.165) is 17.0 Å². The molecule has 138 valence electrons. The van der Waals surface area contributed by atoms with Crippen molar-refractivity contribution in [2.24, 2.45) is 5.92 Å². The molecule has 1 heterocycles. The number of carbonyl (C=O) groups excluding carboxylic acids is 1. The van der Waals surface area contributed by atoms with Crippen LogP contribution in [0.15, 0.2) is 53.0 Å². The summed E-state index contributed by atoms with van der Waals surface area (Å²) in [6.45, 7) is 4.40. The molecule has 27 heavy (non-hydrogen) atoms. The van der Waals surface area contributed by atoms with E-state index in [1.807, 2.05) is 42.9 Å². The topological polar surface area (TPSA) is 62.6 Å². The van der Waals surface area contributed by atoms with Gasteiger partial charge in [-0.15, -0.1) is 0 Å². The Balaban J connectivity index is 1.91. The SMILES string of the molecule is COc1ccc(/C=C(\C#N)N2C(C)=CC(=C=O)C=C2C)cc1OCC1CC1. The number of benzene rings is 1. The fraction of sp³-hybridized carbons (Fsp3) is 0.318. The van der Waals surface area contributed by atoms with Crippen LogP contribution in [0.25, 0.3) is 6.08 Å². The third kappa shape index (κ3) is 4.31. The second-order valence-corrected chi connectivity index (χ2v) is 6.77. The summed E-state index contributed by atoms with van der Waals surface area (Å²) in [5.41, 5.74) is 3.36. The Morgan fingerprint density at radius 1 is 1.26 bits per heavy atom. The Labute approximate surface area is 159 Å². The van der Waals surface area contributed by atoms with Crippen molar-refractivity contribution in [3.63, 3.8) is 0 Å². The van der Waals surface area contributed by atoms with Crippen molar-refractivity contribution in [3.05, 3.63) is 58.6 Å². The lowest BCUT2D eigenvalue weighted by molar-refractivity contribution is 0.280. The summed E-state index contributed by atoms with van der Waals surface area (Å²) >= 11 is 0. The van der Waals surface area contributed by atoms with Crippen molar-refractivity contribution in [1.29, 1.82) is 5.26 Å². The zero-order valence-corrected chi connectivity index (χ0v) is 15.8. The van der Waals surface area contributed by atoms with Crippen LogP contribution in [0.5, 0.6) is 11.5 Å². The molecule has 0 radical (unpaired) electrons. The van der Waals surface area contributed by atoms with Crippen LogP contribution in [-0.2, 0) is 4.79 Å². The lowest BCUT2D eigenvalue weighted by Gasteiger charge is -2.28. The fourth-order valence-electron chi connectivity index (χ4n) is 3.03. The molecule has 0 bridgehead atoms. The summed E-state index contributed by atoms with van der Waals surface area (Å²) in [5.74, 6) is 3.89. The minimum Gasteiger partial charge on any atom is -0.493 e. The molecule has 0 saturated heterocycles. The summed E-state index contributed by atoms with van der Waals surface area (Å²) in [6, 6.07) is 7.87. The number of allylic oxidation sites excluding steroid dienone is 6. The van der Waals surface area contributed by atoms with Gasteiger partial charge < -0.3 is 14.4 Å². The summed E-state index contributed by atoms with van der Waals surface area (Å²) < 4.78 is 11.3. The fourth-order valence-corrected chi connectivity index (χ4v) is 3.03. The Morgan fingerprint density at radius 2 is 1.96 bits per heavy atom. The van der Waals surface area contributed by atoms with Crippen LogP contribution in [-0.4, -0.2) is 24.6 Å². The van der Waals surface area contributed by atoms with Gasteiger partial charge in [0.05, 0.1) is 19.3 Å². The normalized spacial score (nSPS) is 16.9. The van der Waals surface area contributed by atoms with Gasteiger partial charge in [-0.25, -0.2) is 4.79 Å². The van der Waals surface area contributed by atoms with Gasteiger partial charge in [-0.3, -0.25) is 0 Å². The smallest absolute Gasteiger partial charge is 0.161 e. The Kier molecular flexibility index (Phi) is 5.49. The van der Waals surface area contributed by atoms with Gasteiger partial charge in [0.25, 0.3) is 0 Å². The maximum atomic E-state index is 10.9. The Morgan fingerprint density at radius 3 is 2.52 bits per heavy atom. The average Bonchev–Trinajstić information content (AvgIpc) is 3.49. The van der Waals surface area contributed by atoms with Crippen molar-refractivity contribution >= 4 is 12.0 Å². The molecule has 1 aliphatic carbocycles. The van der Waals surface area contributed by atoms with Gasteiger partial charge in [0.15, 0.2) is 11.5 Å². The molecule has 0 amide bonds. The van der Waals surface area contributed by atoms with Crippen molar-refractivity contribution < 1.29 is 14.3 Å². The molecule has 1 aliphatic heterocycles. The first kappa shape index (κ1) is 18.6. The predicted octanol–water partition coefficient (Wildman–Crippen LogP) is 4.23. The van der Waals surface area contributed by atoms with Gasteiger partial charge in [0.2, 0.25) is 0 Å². The molecule has 1 aromatic carbocycles.